The van der Waals surface area contributed by atoms with Gasteiger partial charge in [0.25, 0.3) is 5.56 Å². The minimum Gasteiger partial charge on any atom is -0.487 e. The van der Waals surface area contributed by atoms with E-state index >= 15 is 0 Å². The number of aromatic nitrogens is 2. The molecule has 1 N–H and O–H groups in total. The molecule has 0 saturated carbocycles. The molecule has 41 heavy (non-hydrogen) atoms. The summed E-state index contributed by atoms with van der Waals surface area (Å²) >= 11 is 9.94. The van der Waals surface area contributed by atoms with Crippen LogP contribution in [0.1, 0.15) is 21.5 Å². The molecule has 0 spiro atoms. The summed E-state index contributed by atoms with van der Waals surface area (Å²) in [5.74, 6) is 0.0627. The Balaban J connectivity index is 1.32. The second kappa shape index (κ2) is 11.0. The van der Waals surface area contributed by atoms with E-state index in [2.05, 4.69) is 21.0 Å². The van der Waals surface area contributed by atoms with E-state index in [0.717, 1.165) is 9.86 Å². The number of carboxylic acids is 1. The van der Waals surface area contributed by atoms with Crippen LogP contribution in [0.3, 0.4) is 0 Å². The predicted octanol–water partition coefficient (Wildman–Crippen LogP) is 7.39. The van der Waals surface area contributed by atoms with Crippen LogP contribution in [0, 0.1) is 0 Å². The van der Waals surface area contributed by atoms with Gasteiger partial charge in [-0.1, -0.05) is 51.8 Å². The normalized spacial score (nSPS) is 11.5. The van der Waals surface area contributed by atoms with Crippen molar-refractivity contribution in [2.24, 2.45) is 5.10 Å². The van der Waals surface area contributed by atoms with Crippen molar-refractivity contribution >= 4 is 61.6 Å². The van der Waals surface area contributed by atoms with Gasteiger partial charge in [0.1, 0.15) is 17.9 Å². The van der Waals surface area contributed by atoms with Crippen LogP contribution in [0.5, 0.6) is 5.75 Å². The lowest BCUT2D eigenvalue weighted by molar-refractivity contribution is 0.0696. The van der Waals surface area contributed by atoms with Crippen LogP contribution in [0.15, 0.2) is 110 Å². The van der Waals surface area contributed by atoms with Gasteiger partial charge in [0.05, 0.1) is 27.7 Å². The topological polar surface area (TPSA) is 107 Å². The Hall–Kier alpha value is -4.73. The standard InChI is InChI=1S/C31H19BrClN3O5/c32-22-9-11-26-21(14-22)15-28(41-26)29-35-25-7-2-1-6-23(25)30(37)36(29)34-16-18-8-10-27(24(33)13-18)40-17-19-4-3-5-20(12-19)31(38)39/h1-16H,17H2,(H,38,39). The average molecular weight is 629 g/mol. The molecule has 2 heterocycles. The van der Waals surface area contributed by atoms with E-state index in [4.69, 9.17) is 25.7 Å². The summed E-state index contributed by atoms with van der Waals surface area (Å²) in [4.78, 5) is 29.4. The number of fused-ring (bicyclic) bond motifs is 2. The van der Waals surface area contributed by atoms with E-state index in [0.29, 0.717) is 44.1 Å². The number of rotatable bonds is 7. The molecule has 0 unspecified atom stereocenters. The number of hydrogen-bond acceptors (Lipinski definition) is 6. The Morgan fingerprint density at radius 1 is 1.05 bits per heavy atom. The molecule has 0 atom stereocenters. The zero-order valence-corrected chi connectivity index (χ0v) is 23.5. The number of para-hydroxylation sites is 1. The smallest absolute Gasteiger partial charge is 0.335 e. The fourth-order valence-electron chi connectivity index (χ4n) is 4.31. The van der Waals surface area contributed by atoms with Gasteiger partial charge in [0.2, 0.25) is 5.82 Å². The maximum Gasteiger partial charge on any atom is 0.335 e. The zero-order chi connectivity index (χ0) is 28.5. The molecule has 6 aromatic rings. The van der Waals surface area contributed by atoms with Gasteiger partial charge in [0, 0.05) is 9.86 Å². The van der Waals surface area contributed by atoms with E-state index in [1.54, 1.807) is 54.6 Å². The minimum atomic E-state index is -1.01. The summed E-state index contributed by atoms with van der Waals surface area (Å²) in [6.45, 7) is 0.143. The van der Waals surface area contributed by atoms with Crippen LogP contribution in [-0.2, 0) is 6.61 Å². The summed E-state index contributed by atoms with van der Waals surface area (Å²) in [7, 11) is 0. The lowest BCUT2D eigenvalue weighted by Crippen LogP contribution is -2.20. The maximum absolute atomic E-state index is 13.5. The average Bonchev–Trinajstić information content (AvgIpc) is 3.39. The van der Waals surface area contributed by atoms with Crippen molar-refractivity contribution in [1.82, 2.24) is 9.66 Å². The van der Waals surface area contributed by atoms with Crippen molar-refractivity contribution < 1.29 is 19.1 Å². The first kappa shape index (κ1) is 26.5. The molecule has 6 rings (SSSR count). The Kier molecular flexibility index (Phi) is 7.13. The number of aromatic carboxylic acids is 1. The molecule has 0 aliphatic heterocycles. The molecule has 0 saturated heterocycles. The van der Waals surface area contributed by atoms with Gasteiger partial charge in [-0.15, -0.1) is 0 Å². The third-order valence-electron chi connectivity index (χ3n) is 6.30. The largest absolute Gasteiger partial charge is 0.487 e. The third-order valence-corrected chi connectivity index (χ3v) is 7.09. The Morgan fingerprint density at radius 3 is 2.73 bits per heavy atom. The molecule has 0 aliphatic rings. The Labute approximate surface area is 246 Å². The predicted molar refractivity (Wildman–Crippen MR) is 161 cm³/mol. The SMILES string of the molecule is O=C(O)c1cccc(COc2ccc(C=Nn3c(-c4cc5cc(Br)ccc5o4)nc4ccccc4c3=O)cc2Cl)c1. The van der Waals surface area contributed by atoms with E-state index in [-0.39, 0.29) is 23.6 Å². The molecule has 4 aromatic carbocycles. The van der Waals surface area contributed by atoms with Gasteiger partial charge < -0.3 is 14.3 Å². The highest BCUT2D eigenvalue weighted by molar-refractivity contribution is 9.10. The number of halogens is 2. The highest BCUT2D eigenvalue weighted by Gasteiger charge is 2.17. The Bertz CT molecular complexity index is 2050. The monoisotopic (exact) mass is 627 g/mol. The van der Waals surface area contributed by atoms with Crippen LogP contribution < -0.4 is 10.3 Å². The summed E-state index contributed by atoms with van der Waals surface area (Å²) < 4.78 is 14.0. The zero-order valence-electron chi connectivity index (χ0n) is 21.1. The van der Waals surface area contributed by atoms with Gasteiger partial charge >= 0.3 is 5.97 Å². The maximum atomic E-state index is 13.5. The molecule has 0 radical (unpaired) electrons. The Morgan fingerprint density at radius 2 is 1.90 bits per heavy atom. The van der Waals surface area contributed by atoms with Gasteiger partial charge in [0.15, 0.2) is 5.76 Å². The number of carboxylic acid groups (broad SMARTS) is 1. The fraction of sp³-hybridized carbons (Fsp3) is 0.0323. The van der Waals surface area contributed by atoms with Crippen LogP contribution in [0.4, 0.5) is 0 Å². The molecule has 0 bridgehead atoms. The van der Waals surface area contributed by atoms with Crippen molar-refractivity contribution in [2.75, 3.05) is 0 Å². The molecule has 0 aliphatic carbocycles. The number of nitrogens with zero attached hydrogens (tertiary/aromatic N) is 3. The second-order valence-electron chi connectivity index (χ2n) is 9.09. The third kappa shape index (κ3) is 5.50. The summed E-state index contributed by atoms with van der Waals surface area (Å²) in [6, 6.07) is 26.1. The van der Waals surface area contributed by atoms with Crippen molar-refractivity contribution in [2.45, 2.75) is 6.61 Å². The highest BCUT2D eigenvalue weighted by atomic mass is 79.9. The highest BCUT2D eigenvalue weighted by Crippen LogP contribution is 2.30. The number of furan rings is 1. The second-order valence-corrected chi connectivity index (χ2v) is 10.4. The molecular formula is C31H19BrClN3O5. The molecular weight excluding hydrogens is 610 g/mol. The van der Waals surface area contributed by atoms with Crippen molar-refractivity contribution in [3.63, 3.8) is 0 Å². The van der Waals surface area contributed by atoms with E-state index in [9.17, 15) is 14.7 Å². The van der Waals surface area contributed by atoms with Crippen molar-refractivity contribution in [3.05, 3.63) is 128 Å². The van der Waals surface area contributed by atoms with Crippen LogP contribution in [0.2, 0.25) is 5.02 Å². The first-order valence-electron chi connectivity index (χ1n) is 12.4. The van der Waals surface area contributed by atoms with Crippen LogP contribution in [0.25, 0.3) is 33.5 Å². The summed E-state index contributed by atoms with van der Waals surface area (Å²) in [5.41, 5.74) is 2.32. The van der Waals surface area contributed by atoms with Gasteiger partial charge in [-0.2, -0.15) is 9.78 Å². The minimum absolute atomic E-state index is 0.143. The van der Waals surface area contributed by atoms with E-state index < -0.39 is 5.97 Å². The van der Waals surface area contributed by atoms with Crippen molar-refractivity contribution in [3.8, 4) is 17.3 Å². The van der Waals surface area contributed by atoms with E-state index in [1.807, 2.05) is 30.3 Å². The molecule has 2 aromatic heterocycles. The quantitative estimate of drug-likeness (QED) is 0.185. The fourth-order valence-corrected chi connectivity index (χ4v) is 4.93. The summed E-state index contributed by atoms with van der Waals surface area (Å²) in [5, 5.41) is 15.3. The molecule has 0 fully saturated rings. The van der Waals surface area contributed by atoms with Gasteiger partial charge in [-0.3, -0.25) is 4.79 Å². The van der Waals surface area contributed by atoms with Crippen molar-refractivity contribution in [1.29, 1.82) is 0 Å². The lowest BCUT2D eigenvalue weighted by atomic mass is 10.1. The first-order chi connectivity index (χ1) is 19.9. The number of ether oxygens (including phenoxy) is 1. The van der Waals surface area contributed by atoms with Gasteiger partial charge in [-0.05, 0) is 77.9 Å². The molecule has 202 valence electrons. The molecule has 8 nitrogen and oxygen atoms in total. The van der Waals surface area contributed by atoms with E-state index in [1.165, 1.54) is 17.0 Å². The van der Waals surface area contributed by atoms with Gasteiger partial charge in [-0.25, -0.2) is 9.78 Å². The first-order valence-corrected chi connectivity index (χ1v) is 13.5. The molecule has 0 amide bonds. The lowest BCUT2D eigenvalue weighted by Gasteiger charge is -2.10. The molecule has 10 heteroatoms. The van der Waals surface area contributed by atoms with Crippen LogP contribution in [-0.4, -0.2) is 27.0 Å². The number of carbonyl (C=O) groups is 1. The van der Waals surface area contributed by atoms with Crippen LogP contribution >= 0.6 is 27.5 Å². The number of hydrogen-bond donors (Lipinski definition) is 1. The summed E-state index contributed by atoms with van der Waals surface area (Å²) in [6.07, 6.45) is 1.51. The number of benzene rings is 4.